The van der Waals surface area contributed by atoms with Gasteiger partial charge >= 0.3 is 0 Å². The van der Waals surface area contributed by atoms with Crippen molar-refractivity contribution < 1.29 is 9.50 Å². The maximum absolute atomic E-state index is 12.5. The number of halogens is 1. The lowest BCUT2D eigenvalue weighted by Crippen LogP contribution is -2.14. The summed E-state index contributed by atoms with van der Waals surface area (Å²) in [5.74, 6) is -0.228. The van der Waals surface area contributed by atoms with E-state index in [1.54, 1.807) is 30.8 Å². The summed E-state index contributed by atoms with van der Waals surface area (Å²) in [6, 6.07) is 6.30. The van der Waals surface area contributed by atoms with Crippen LogP contribution in [0.25, 0.3) is 0 Å². The van der Waals surface area contributed by atoms with Crippen LogP contribution in [-0.4, -0.2) is 16.5 Å². The van der Waals surface area contributed by atoms with Gasteiger partial charge in [0.1, 0.15) is 5.82 Å². The van der Waals surface area contributed by atoms with E-state index in [4.69, 9.17) is 0 Å². The molecular formula is C10H13FOS. The van der Waals surface area contributed by atoms with Crippen molar-refractivity contribution in [2.45, 2.75) is 30.1 Å². The molecule has 0 aliphatic rings. The second-order valence-electron chi connectivity index (χ2n) is 3.02. The van der Waals surface area contributed by atoms with Crippen LogP contribution in [0.15, 0.2) is 29.2 Å². The Morgan fingerprint density at radius 1 is 1.23 bits per heavy atom. The minimum atomic E-state index is -0.352. The zero-order chi connectivity index (χ0) is 9.84. The number of hydrogen-bond acceptors (Lipinski definition) is 2. The number of thioether (sulfide) groups is 1. The Kier molecular flexibility index (Phi) is 3.75. The lowest BCUT2D eigenvalue weighted by Gasteiger charge is -2.13. The fraction of sp³-hybridized carbons (Fsp3) is 0.400. The fourth-order valence-corrected chi connectivity index (χ4v) is 1.75. The van der Waals surface area contributed by atoms with Crippen molar-refractivity contribution >= 4 is 11.8 Å². The molecule has 0 radical (unpaired) electrons. The molecule has 2 atom stereocenters. The molecule has 2 unspecified atom stereocenters. The van der Waals surface area contributed by atoms with Gasteiger partial charge in [0, 0.05) is 10.1 Å². The number of hydrogen-bond donors (Lipinski definition) is 1. The highest BCUT2D eigenvalue weighted by Gasteiger charge is 2.09. The van der Waals surface area contributed by atoms with Crippen molar-refractivity contribution in [3.8, 4) is 0 Å². The molecule has 0 aromatic heterocycles. The van der Waals surface area contributed by atoms with E-state index >= 15 is 0 Å². The van der Waals surface area contributed by atoms with Crippen LogP contribution in [0, 0.1) is 5.82 Å². The monoisotopic (exact) mass is 200 g/mol. The molecule has 0 amide bonds. The molecular weight excluding hydrogens is 187 g/mol. The first-order valence-corrected chi connectivity index (χ1v) is 5.08. The second kappa shape index (κ2) is 4.63. The van der Waals surface area contributed by atoms with Crippen LogP contribution in [0.5, 0.6) is 0 Å². The van der Waals surface area contributed by atoms with E-state index in [2.05, 4.69) is 0 Å². The van der Waals surface area contributed by atoms with Gasteiger partial charge in [-0.2, -0.15) is 0 Å². The Bertz CT molecular complexity index is 258. The first kappa shape index (κ1) is 10.5. The highest BCUT2D eigenvalue weighted by atomic mass is 32.2. The van der Waals surface area contributed by atoms with Gasteiger partial charge in [-0.3, -0.25) is 0 Å². The van der Waals surface area contributed by atoms with Crippen LogP contribution in [0.4, 0.5) is 4.39 Å². The quantitative estimate of drug-likeness (QED) is 0.757. The van der Waals surface area contributed by atoms with E-state index in [9.17, 15) is 9.50 Å². The van der Waals surface area contributed by atoms with Gasteiger partial charge in [0.05, 0.1) is 6.10 Å². The Balaban J connectivity index is 2.59. The third kappa shape index (κ3) is 3.36. The van der Waals surface area contributed by atoms with E-state index in [-0.39, 0.29) is 17.2 Å². The first-order valence-electron chi connectivity index (χ1n) is 4.20. The predicted octanol–water partition coefficient (Wildman–Crippen LogP) is 2.69. The highest BCUT2D eigenvalue weighted by molar-refractivity contribution is 8.00. The summed E-state index contributed by atoms with van der Waals surface area (Å²) >= 11 is 1.54. The maximum atomic E-state index is 12.5. The zero-order valence-electron chi connectivity index (χ0n) is 7.70. The summed E-state index contributed by atoms with van der Waals surface area (Å²) in [5, 5.41) is 9.37. The van der Waals surface area contributed by atoms with Crippen molar-refractivity contribution in [1.82, 2.24) is 0 Å². The average Bonchev–Trinajstić information content (AvgIpc) is 2.08. The number of rotatable bonds is 3. The molecule has 0 saturated carbocycles. The fourth-order valence-electron chi connectivity index (χ4n) is 0.826. The summed E-state index contributed by atoms with van der Waals surface area (Å²) in [4.78, 5) is 0.981. The molecule has 0 bridgehead atoms. The van der Waals surface area contributed by atoms with Crippen LogP contribution in [0.1, 0.15) is 13.8 Å². The minimum absolute atomic E-state index is 0.130. The molecule has 13 heavy (non-hydrogen) atoms. The van der Waals surface area contributed by atoms with Crippen molar-refractivity contribution in [3.63, 3.8) is 0 Å². The van der Waals surface area contributed by atoms with E-state index in [0.29, 0.717) is 0 Å². The normalized spacial score (nSPS) is 15.4. The van der Waals surface area contributed by atoms with Gasteiger partial charge < -0.3 is 5.11 Å². The van der Waals surface area contributed by atoms with Crippen molar-refractivity contribution in [1.29, 1.82) is 0 Å². The van der Waals surface area contributed by atoms with Gasteiger partial charge in [-0.05, 0) is 31.2 Å². The molecule has 1 aromatic carbocycles. The summed E-state index contributed by atoms with van der Waals surface area (Å²) in [5.41, 5.74) is 0. The Hall–Kier alpha value is -0.540. The molecule has 1 aromatic rings. The highest BCUT2D eigenvalue weighted by Crippen LogP contribution is 2.24. The molecule has 1 nitrogen and oxygen atoms in total. The SMILES string of the molecule is CC(O)C(C)Sc1ccc(F)cc1. The zero-order valence-corrected chi connectivity index (χ0v) is 8.51. The number of aliphatic hydroxyl groups is 1. The topological polar surface area (TPSA) is 20.2 Å². The lowest BCUT2D eigenvalue weighted by atomic mass is 10.3. The van der Waals surface area contributed by atoms with E-state index in [0.717, 1.165) is 4.90 Å². The van der Waals surface area contributed by atoms with Crippen molar-refractivity contribution in [3.05, 3.63) is 30.1 Å². The van der Waals surface area contributed by atoms with Gasteiger partial charge in [-0.1, -0.05) is 6.92 Å². The smallest absolute Gasteiger partial charge is 0.123 e. The lowest BCUT2D eigenvalue weighted by molar-refractivity contribution is 0.196. The van der Waals surface area contributed by atoms with Gasteiger partial charge in [-0.25, -0.2) is 4.39 Å². The molecule has 0 aliphatic heterocycles. The summed E-state index contributed by atoms with van der Waals surface area (Å²) < 4.78 is 12.5. The standard InChI is InChI=1S/C10H13FOS/c1-7(12)8(2)13-10-5-3-9(11)4-6-10/h3-8,12H,1-2H3. The van der Waals surface area contributed by atoms with Crippen molar-refractivity contribution in [2.24, 2.45) is 0 Å². The summed E-state index contributed by atoms with van der Waals surface area (Å²) in [7, 11) is 0. The van der Waals surface area contributed by atoms with Crippen LogP contribution < -0.4 is 0 Å². The predicted molar refractivity (Wildman–Crippen MR) is 53.4 cm³/mol. The Morgan fingerprint density at radius 2 is 1.77 bits per heavy atom. The molecule has 0 spiro atoms. The molecule has 0 saturated heterocycles. The van der Waals surface area contributed by atoms with Gasteiger partial charge in [0.15, 0.2) is 0 Å². The summed E-state index contributed by atoms with van der Waals surface area (Å²) in [6.07, 6.45) is -0.352. The van der Waals surface area contributed by atoms with Crippen LogP contribution in [-0.2, 0) is 0 Å². The average molecular weight is 200 g/mol. The number of benzene rings is 1. The third-order valence-electron chi connectivity index (χ3n) is 1.81. The molecule has 0 fully saturated rings. The minimum Gasteiger partial charge on any atom is -0.392 e. The van der Waals surface area contributed by atoms with Crippen molar-refractivity contribution in [2.75, 3.05) is 0 Å². The molecule has 0 heterocycles. The van der Waals surface area contributed by atoms with E-state index in [1.165, 1.54) is 12.1 Å². The maximum Gasteiger partial charge on any atom is 0.123 e. The first-order chi connectivity index (χ1) is 6.09. The Labute approximate surface area is 82.0 Å². The number of aliphatic hydroxyl groups excluding tert-OH is 1. The Morgan fingerprint density at radius 3 is 2.23 bits per heavy atom. The largest absolute Gasteiger partial charge is 0.392 e. The van der Waals surface area contributed by atoms with Crippen LogP contribution in [0.2, 0.25) is 0 Å². The molecule has 0 aliphatic carbocycles. The van der Waals surface area contributed by atoms with Crippen LogP contribution in [0.3, 0.4) is 0 Å². The molecule has 1 rings (SSSR count). The third-order valence-corrected chi connectivity index (χ3v) is 3.12. The van der Waals surface area contributed by atoms with Gasteiger partial charge in [0.2, 0.25) is 0 Å². The second-order valence-corrected chi connectivity index (χ2v) is 4.47. The molecule has 3 heteroatoms. The van der Waals surface area contributed by atoms with Gasteiger partial charge in [0.25, 0.3) is 0 Å². The van der Waals surface area contributed by atoms with Gasteiger partial charge in [-0.15, -0.1) is 11.8 Å². The van der Waals surface area contributed by atoms with E-state index in [1.807, 2.05) is 6.92 Å². The van der Waals surface area contributed by atoms with Crippen LogP contribution >= 0.6 is 11.8 Å². The molecule has 72 valence electrons. The summed E-state index contributed by atoms with van der Waals surface area (Å²) in [6.45, 7) is 3.69. The van der Waals surface area contributed by atoms with E-state index < -0.39 is 0 Å². The molecule has 1 N–H and O–H groups in total.